The van der Waals surface area contributed by atoms with E-state index in [4.69, 9.17) is 4.74 Å². The lowest BCUT2D eigenvalue weighted by Crippen LogP contribution is -2.21. The highest BCUT2D eigenvalue weighted by atomic mass is 16.5. The molecule has 8 nitrogen and oxygen atoms in total. The fourth-order valence-electron chi connectivity index (χ4n) is 1.91. The van der Waals surface area contributed by atoms with E-state index in [-0.39, 0.29) is 24.9 Å². The van der Waals surface area contributed by atoms with E-state index in [1.807, 2.05) is 32.0 Å². The van der Waals surface area contributed by atoms with Gasteiger partial charge in [0.1, 0.15) is 6.54 Å². The van der Waals surface area contributed by atoms with E-state index in [1.54, 1.807) is 6.92 Å². The molecule has 0 fully saturated rings. The molecule has 0 aliphatic carbocycles. The topological polar surface area (TPSA) is 98.1 Å². The van der Waals surface area contributed by atoms with Crippen LogP contribution in [0.5, 0.6) is 0 Å². The maximum absolute atomic E-state index is 12.1. The molecule has 2 aromatic rings. The summed E-state index contributed by atoms with van der Waals surface area (Å²) < 4.78 is 4.73. The van der Waals surface area contributed by atoms with Crippen LogP contribution in [-0.4, -0.2) is 33.6 Å². The van der Waals surface area contributed by atoms with E-state index in [1.165, 1.54) is 11.0 Å². The number of anilines is 2. The Bertz CT molecular complexity index is 711. The molecule has 1 heterocycles. The van der Waals surface area contributed by atoms with Crippen LogP contribution in [0.25, 0.3) is 0 Å². The predicted molar refractivity (Wildman–Crippen MR) is 85.2 cm³/mol. The Kier molecular flexibility index (Phi) is 5.29. The average molecular weight is 317 g/mol. The fourth-order valence-corrected chi connectivity index (χ4v) is 1.91. The molecule has 0 spiro atoms. The summed E-state index contributed by atoms with van der Waals surface area (Å²) in [6.45, 7) is 5.83. The zero-order valence-corrected chi connectivity index (χ0v) is 13.3. The highest BCUT2D eigenvalue weighted by Gasteiger charge is 2.10. The summed E-state index contributed by atoms with van der Waals surface area (Å²) in [6, 6.07) is 5.70. The van der Waals surface area contributed by atoms with Crippen molar-refractivity contribution in [2.45, 2.75) is 27.3 Å². The summed E-state index contributed by atoms with van der Waals surface area (Å²) in [5.41, 5.74) is 2.87. The third-order valence-corrected chi connectivity index (χ3v) is 3.21. The molecule has 0 aliphatic heterocycles. The average Bonchev–Trinajstić information content (AvgIpc) is 2.91. The maximum atomic E-state index is 12.1. The van der Waals surface area contributed by atoms with Gasteiger partial charge in [-0.25, -0.2) is 4.79 Å². The monoisotopic (exact) mass is 317 g/mol. The lowest BCUT2D eigenvalue weighted by Gasteiger charge is -2.09. The Morgan fingerprint density at radius 1 is 1.26 bits per heavy atom. The van der Waals surface area contributed by atoms with Crippen molar-refractivity contribution >= 4 is 23.5 Å². The van der Waals surface area contributed by atoms with Crippen LogP contribution in [0.1, 0.15) is 18.1 Å². The van der Waals surface area contributed by atoms with Gasteiger partial charge in [0.05, 0.1) is 12.8 Å². The van der Waals surface area contributed by atoms with E-state index in [9.17, 15) is 9.59 Å². The molecule has 0 bridgehead atoms. The van der Waals surface area contributed by atoms with E-state index in [2.05, 4.69) is 20.8 Å². The number of aryl methyl sites for hydroxylation is 1. The van der Waals surface area contributed by atoms with Crippen LogP contribution in [-0.2, 0) is 16.1 Å². The van der Waals surface area contributed by atoms with E-state index >= 15 is 0 Å². The Morgan fingerprint density at radius 3 is 2.78 bits per heavy atom. The van der Waals surface area contributed by atoms with Gasteiger partial charge in [-0.05, 0) is 38.0 Å². The SMILES string of the molecule is CCOC(=O)Nc1cnn(CC(=O)Nc2cccc(C)c2C)n1. The minimum absolute atomic E-state index is 0.0577. The number of carbonyl (C=O) groups excluding carboxylic acids is 2. The molecule has 0 saturated heterocycles. The molecule has 122 valence electrons. The highest BCUT2D eigenvalue weighted by molar-refractivity contribution is 5.91. The van der Waals surface area contributed by atoms with Gasteiger partial charge < -0.3 is 10.1 Å². The van der Waals surface area contributed by atoms with Crippen LogP contribution < -0.4 is 10.6 Å². The van der Waals surface area contributed by atoms with Crippen molar-refractivity contribution in [1.29, 1.82) is 0 Å². The van der Waals surface area contributed by atoms with Crippen molar-refractivity contribution in [1.82, 2.24) is 15.0 Å². The summed E-state index contributed by atoms with van der Waals surface area (Å²) in [6.07, 6.45) is 0.738. The van der Waals surface area contributed by atoms with Gasteiger partial charge in [-0.2, -0.15) is 9.90 Å². The standard InChI is InChI=1S/C15H19N5O3/c1-4-23-15(22)18-13-8-16-20(19-13)9-14(21)17-12-7-5-6-10(2)11(12)3/h5-8H,4,9H2,1-3H3,(H,17,21)(H,18,19,22). The molecule has 0 atom stereocenters. The van der Waals surface area contributed by atoms with Gasteiger partial charge in [-0.15, -0.1) is 5.10 Å². The van der Waals surface area contributed by atoms with Gasteiger partial charge in [0, 0.05) is 5.69 Å². The van der Waals surface area contributed by atoms with Crippen LogP contribution in [0.15, 0.2) is 24.4 Å². The first-order chi connectivity index (χ1) is 11.0. The van der Waals surface area contributed by atoms with Crippen molar-refractivity contribution in [2.24, 2.45) is 0 Å². The molecule has 0 aliphatic rings. The highest BCUT2D eigenvalue weighted by Crippen LogP contribution is 2.17. The summed E-state index contributed by atoms with van der Waals surface area (Å²) in [5, 5.41) is 13.1. The molecule has 2 rings (SSSR count). The third-order valence-electron chi connectivity index (χ3n) is 3.21. The van der Waals surface area contributed by atoms with E-state index in [0.29, 0.717) is 0 Å². The second-order valence-electron chi connectivity index (χ2n) is 4.90. The number of hydrogen-bond donors (Lipinski definition) is 2. The number of hydrogen-bond acceptors (Lipinski definition) is 5. The number of aromatic nitrogens is 3. The van der Waals surface area contributed by atoms with Gasteiger partial charge in [-0.1, -0.05) is 12.1 Å². The first-order valence-electron chi connectivity index (χ1n) is 7.19. The lowest BCUT2D eigenvalue weighted by molar-refractivity contribution is -0.117. The lowest BCUT2D eigenvalue weighted by atomic mass is 10.1. The molecule has 23 heavy (non-hydrogen) atoms. The zero-order chi connectivity index (χ0) is 16.8. The predicted octanol–water partition coefficient (Wildman–Crippen LogP) is 2.10. The molecule has 1 aromatic heterocycles. The van der Waals surface area contributed by atoms with Gasteiger partial charge in [0.2, 0.25) is 5.91 Å². The van der Waals surface area contributed by atoms with E-state index in [0.717, 1.165) is 16.8 Å². The van der Waals surface area contributed by atoms with Crippen LogP contribution in [0.2, 0.25) is 0 Å². The van der Waals surface area contributed by atoms with Gasteiger partial charge >= 0.3 is 6.09 Å². The smallest absolute Gasteiger partial charge is 0.412 e. The quantitative estimate of drug-likeness (QED) is 0.880. The molecule has 2 N–H and O–H groups in total. The van der Waals surface area contributed by atoms with Crippen LogP contribution in [0.3, 0.4) is 0 Å². The number of carbonyl (C=O) groups is 2. The second-order valence-corrected chi connectivity index (χ2v) is 4.90. The van der Waals surface area contributed by atoms with Gasteiger partial charge in [-0.3, -0.25) is 10.1 Å². The number of nitrogens with zero attached hydrogens (tertiary/aromatic N) is 3. The van der Waals surface area contributed by atoms with Crippen molar-refractivity contribution < 1.29 is 14.3 Å². The summed E-state index contributed by atoms with van der Waals surface area (Å²) in [7, 11) is 0. The Hall–Kier alpha value is -2.90. The molecule has 8 heteroatoms. The van der Waals surface area contributed by atoms with Crippen LogP contribution in [0, 0.1) is 13.8 Å². The molecule has 0 unspecified atom stereocenters. The summed E-state index contributed by atoms with van der Waals surface area (Å²) in [4.78, 5) is 24.5. The fraction of sp³-hybridized carbons (Fsp3) is 0.333. The van der Waals surface area contributed by atoms with Crippen molar-refractivity contribution in [2.75, 3.05) is 17.2 Å². The van der Waals surface area contributed by atoms with Gasteiger partial charge in [0.25, 0.3) is 0 Å². The minimum Gasteiger partial charge on any atom is -0.450 e. The minimum atomic E-state index is -0.612. The third kappa shape index (κ3) is 4.53. The normalized spacial score (nSPS) is 10.2. The number of ether oxygens (including phenoxy) is 1. The number of amides is 2. The Balaban J connectivity index is 1.94. The molecule has 2 amide bonds. The van der Waals surface area contributed by atoms with Gasteiger partial charge in [0.15, 0.2) is 5.82 Å². The second kappa shape index (κ2) is 7.39. The maximum Gasteiger partial charge on any atom is 0.412 e. The van der Waals surface area contributed by atoms with Crippen molar-refractivity contribution in [3.8, 4) is 0 Å². The first-order valence-corrected chi connectivity index (χ1v) is 7.19. The largest absolute Gasteiger partial charge is 0.450 e. The molecule has 0 saturated carbocycles. The molecular formula is C15H19N5O3. The van der Waals surface area contributed by atoms with Crippen LogP contribution >= 0.6 is 0 Å². The summed E-state index contributed by atoms with van der Waals surface area (Å²) in [5.74, 6) is -0.0278. The summed E-state index contributed by atoms with van der Waals surface area (Å²) >= 11 is 0. The zero-order valence-electron chi connectivity index (χ0n) is 13.3. The number of rotatable bonds is 5. The number of nitrogens with one attached hydrogen (secondary N) is 2. The Morgan fingerprint density at radius 2 is 2.04 bits per heavy atom. The number of benzene rings is 1. The molecule has 0 radical (unpaired) electrons. The molecule has 1 aromatic carbocycles. The first kappa shape index (κ1) is 16.5. The Labute approximate surface area is 133 Å². The molecular weight excluding hydrogens is 298 g/mol. The van der Waals surface area contributed by atoms with Crippen molar-refractivity contribution in [3.05, 3.63) is 35.5 Å². The van der Waals surface area contributed by atoms with E-state index < -0.39 is 6.09 Å². The van der Waals surface area contributed by atoms with Crippen molar-refractivity contribution in [3.63, 3.8) is 0 Å². The van der Waals surface area contributed by atoms with Crippen LogP contribution in [0.4, 0.5) is 16.3 Å².